The summed E-state index contributed by atoms with van der Waals surface area (Å²) in [4.78, 5) is 13.7. The summed E-state index contributed by atoms with van der Waals surface area (Å²) in [6, 6.07) is 4.88. The van der Waals surface area contributed by atoms with Crippen molar-refractivity contribution in [1.29, 1.82) is 0 Å². The summed E-state index contributed by atoms with van der Waals surface area (Å²) in [5.41, 5.74) is 6.04. The van der Waals surface area contributed by atoms with Crippen molar-refractivity contribution in [3.63, 3.8) is 0 Å². The molecule has 2 rings (SSSR count). The molecule has 0 bridgehead atoms. The molecular weight excluding hydrogens is 285 g/mol. The van der Waals surface area contributed by atoms with E-state index in [0.717, 1.165) is 12.1 Å². The molecule has 0 aromatic heterocycles. The smallest absolute Gasteiger partial charge is 0.406 e. The maximum Gasteiger partial charge on any atom is 0.573 e. The van der Waals surface area contributed by atoms with Crippen LogP contribution in [0.4, 0.5) is 13.2 Å². The number of carbonyl (C=O) groups is 1. The highest BCUT2D eigenvalue weighted by Gasteiger charge is 2.44. The summed E-state index contributed by atoms with van der Waals surface area (Å²) in [6.45, 7) is 4.88. The van der Waals surface area contributed by atoms with Gasteiger partial charge in [-0.3, -0.25) is 4.79 Å². The van der Waals surface area contributed by atoms with E-state index < -0.39 is 6.36 Å². The van der Waals surface area contributed by atoms with Crippen LogP contribution in [-0.2, 0) is 0 Å². The van der Waals surface area contributed by atoms with E-state index >= 15 is 0 Å². The molecular formula is C14H17F3N2O2. The zero-order chi connectivity index (χ0) is 15.8. The number of hydrogen-bond acceptors (Lipinski definition) is 3. The molecule has 2 N–H and O–H groups in total. The van der Waals surface area contributed by atoms with Crippen LogP contribution in [0.5, 0.6) is 5.75 Å². The Morgan fingerprint density at radius 1 is 1.29 bits per heavy atom. The third-order valence-electron chi connectivity index (χ3n) is 3.74. The molecule has 0 spiro atoms. The van der Waals surface area contributed by atoms with Crippen molar-refractivity contribution in [3.05, 3.63) is 29.8 Å². The highest BCUT2D eigenvalue weighted by molar-refractivity contribution is 5.95. The number of rotatable bonds is 3. The van der Waals surface area contributed by atoms with E-state index in [-0.39, 0.29) is 23.1 Å². The predicted molar refractivity (Wildman–Crippen MR) is 70.8 cm³/mol. The van der Waals surface area contributed by atoms with Crippen molar-refractivity contribution in [1.82, 2.24) is 4.90 Å². The Morgan fingerprint density at radius 3 is 2.24 bits per heavy atom. The van der Waals surface area contributed by atoms with Crippen LogP contribution in [0.2, 0.25) is 0 Å². The first-order valence-corrected chi connectivity index (χ1v) is 6.55. The molecule has 4 nitrogen and oxygen atoms in total. The Hall–Kier alpha value is -1.76. The first-order valence-electron chi connectivity index (χ1n) is 6.55. The Balaban J connectivity index is 1.99. The van der Waals surface area contributed by atoms with E-state index in [1.807, 2.05) is 13.8 Å². The van der Waals surface area contributed by atoms with Crippen molar-refractivity contribution < 1.29 is 22.7 Å². The molecule has 1 fully saturated rings. The van der Waals surface area contributed by atoms with Crippen LogP contribution < -0.4 is 10.5 Å². The molecule has 1 saturated heterocycles. The number of nitrogens with two attached hydrogens (primary N) is 1. The van der Waals surface area contributed by atoms with E-state index in [4.69, 9.17) is 5.73 Å². The van der Waals surface area contributed by atoms with Crippen LogP contribution in [0.3, 0.4) is 0 Å². The maximum atomic E-state index is 12.1. The molecule has 0 saturated carbocycles. The zero-order valence-corrected chi connectivity index (χ0v) is 11.8. The molecule has 1 aliphatic heterocycles. The lowest BCUT2D eigenvalue weighted by Gasteiger charge is -2.50. The van der Waals surface area contributed by atoms with Gasteiger partial charge in [-0.1, -0.05) is 13.8 Å². The fraction of sp³-hybridized carbons (Fsp3) is 0.500. The average Bonchev–Trinajstić information content (AvgIpc) is 2.33. The number of benzene rings is 1. The van der Waals surface area contributed by atoms with Crippen LogP contribution in [-0.4, -0.2) is 35.8 Å². The van der Waals surface area contributed by atoms with E-state index in [1.165, 1.54) is 12.1 Å². The number of ether oxygens (including phenoxy) is 1. The Kier molecular flexibility index (Phi) is 3.88. The van der Waals surface area contributed by atoms with E-state index in [1.54, 1.807) is 4.90 Å². The summed E-state index contributed by atoms with van der Waals surface area (Å²) in [6.07, 6.45) is -4.74. The van der Waals surface area contributed by atoms with Gasteiger partial charge in [0.25, 0.3) is 5.91 Å². The quantitative estimate of drug-likeness (QED) is 0.933. The molecule has 0 radical (unpaired) electrons. The minimum Gasteiger partial charge on any atom is -0.406 e. The first-order chi connectivity index (χ1) is 9.61. The molecule has 0 unspecified atom stereocenters. The summed E-state index contributed by atoms with van der Waals surface area (Å²) < 4.78 is 39.9. The maximum absolute atomic E-state index is 12.1. The van der Waals surface area contributed by atoms with Crippen molar-refractivity contribution in [2.75, 3.05) is 13.1 Å². The third-order valence-corrected chi connectivity index (χ3v) is 3.74. The van der Waals surface area contributed by atoms with E-state index in [2.05, 4.69) is 4.74 Å². The van der Waals surface area contributed by atoms with Gasteiger partial charge in [-0.25, -0.2) is 0 Å². The molecule has 1 aromatic rings. The van der Waals surface area contributed by atoms with Crippen LogP contribution in [0, 0.1) is 5.92 Å². The van der Waals surface area contributed by atoms with Gasteiger partial charge in [0, 0.05) is 18.7 Å². The number of likely N-dealkylation sites (tertiary alicyclic amines) is 1. The second kappa shape index (κ2) is 5.22. The lowest BCUT2D eigenvalue weighted by Crippen LogP contribution is -2.71. The minimum atomic E-state index is -4.74. The monoisotopic (exact) mass is 302 g/mol. The molecule has 1 aliphatic rings. The largest absolute Gasteiger partial charge is 0.573 e. The van der Waals surface area contributed by atoms with Crippen molar-refractivity contribution in [3.8, 4) is 5.75 Å². The van der Waals surface area contributed by atoms with Gasteiger partial charge >= 0.3 is 6.36 Å². The lowest BCUT2D eigenvalue weighted by atomic mass is 9.80. The highest BCUT2D eigenvalue weighted by Crippen LogP contribution is 2.28. The summed E-state index contributed by atoms with van der Waals surface area (Å²) in [5.74, 6) is -0.336. The third kappa shape index (κ3) is 3.47. The van der Waals surface area contributed by atoms with Crippen LogP contribution in [0.15, 0.2) is 24.3 Å². The lowest BCUT2D eigenvalue weighted by molar-refractivity contribution is -0.274. The molecule has 7 heteroatoms. The molecule has 116 valence electrons. The normalized spacial score (nSPS) is 17.6. The van der Waals surface area contributed by atoms with Crippen LogP contribution in [0.1, 0.15) is 24.2 Å². The Morgan fingerprint density at radius 2 is 1.81 bits per heavy atom. The fourth-order valence-electron chi connectivity index (χ4n) is 2.15. The van der Waals surface area contributed by atoms with Crippen LogP contribution in [0.25, 0.3) is 0 Å². The molecule has 0 aliphatic carbocycles. The molecule has 0 atom stereocenters. The number of amides is 1. The van der Waals surface area contributed by atoms with Gasteiger partial charge in [0.1, 0.15) is 5.75 Å². The summed E-state index contributed by atoms with van der Waals surface area (Å²) >= 11 is 0. The van der Waals surface area contributed by atoms with Gasteiger partial charge in [-0.2, -0.15) is 0 Å². The molecule has 1 amide bonds. The number of alkyl halides is 3. The molecule has 1 heterocycles. The number of halogens is 3. The van der Waals surface area contributed by atoms with Gasteiger partial charge < -0.3 is 15.4 Å². The SMILES string of the molecule is CC(C)C1(N)CN(C(=O)c2ccc(OC(F)(F)F)cc2)C1. The molecule has 21 heavy (non-hydrogen) atoms. The standard InChI is InChI=1S/C14H17F3N2O2/c1-9(2)13(18)7-19(8-13)12(20)10-3-5-11(6-4-10)21-14(15,16)17/h3-6,9H,7-8,18H2,1-2H3. The fourth-order valence-corrected chi connectivity index (χ4v) is 2.15. The number of carbonyl (C=O) groups excluding carboxylic acids is 1. The van der Waals surface area contributed by atoms with Crippen LogP contribution >= 0.6 is 0 Å². The van der Waals surface area contributed by atoms with Gasteiger partial charge in [-0.05, 0) is 30.2 Å². The highest BCUT2D eigenvalue weighted by atomic mass is 19.4. The van der Waals surface area contributed by atoms with Gasteiger partial charge in [0.05, 0.1) is 5.54 Å². The summed E-state index contributed by atoms with van der Waals surface area (Å²) in [7, 11) is 0. The Bertz CT molecular complexity index is 520. The van der Waals surface area contributed by atoms with E-state index in [0.29, 0.717) is 18.7 Å². The second-order valence-electron chi connectivity index (χ2n) is 5.62. The molecule has 1 aromatic carbocycles. The number of hydrogen-bond donors (Lipinski definition) is 1. The second-order valence-corrected chi connectivity index (χ2v) is 5.62. The number of nitrogens with zero attached hydrogens (tertiary/aromatic N) is 1. The minimum absolute atomic E-state index is 0.240. The summed E-state index contributed by atoms with van der Waals surface area (Å²) in [5, 5.41) is 0. The topological polar surface area (TPSA) is 55.6 Å². The average molecular weight is 302 g/mol. The van der Waals surface area contributed by atoms with Crippen molar-refractivity contribution >= 4 is 5.91 Å². The zero-order valence-electron chi connectivity index (χ0n) is 11.8. The Labute approximate surface area is 120 Å². The van der Waals surface area contributed by atoms with Crippen molar-refractivity contribution in [2.24, 2.45) is 11.7 Å². The van der Waals surface area contributed by atoms with Gasteiger partial charge in [-0.15, -0.1) is 13.2 Å². The first kappa shape index (κ1) is 15.6. The predicted octanol–water partition coefficient (Wildman–Crippen LogP) is 2.39. The van der Waals surface area contributed by atoms with E-state index in [9.17, 15) is 18.0 Å². The van der Waals surface area contributed by atoms with Crippen molar-refractivity contribution in [2.45, 2.75) is 25.7 Å². The van der Waals surface area contributed by atoms with Gasteiger partial charge in [0.2, 0.25) is 0 Å². The van der Waals surface area contributed by atoms with Gasteiger partial charge in [0.15, 0.2) is 0 Å².